The van der Waals surface area contributed by atoms with Gasteiger partial charge in [-0.25, -0.2) is 4.98 Å². The molecule has 1 amide bonds. The maximum absolute atomic E-state index is 12.3. The maximum atomic E-state index is 12.3. The highest BCUT2D eigenvalue weighted by Gasteiger charge is 2.37. The smallest absolute Gasteiger partial charge is 0.247 e. The largest absolute Gasteiger partial charge is 0.508 e. The van der Waals surface area contributed by atoms with Gasteiger partial charge in [0.1, 0.15) is 11.8 Å². The van der Waals surface area contributed by atoms with Gasteiger partial charge in [-0.15, -0.1) is 0 Å². The molecule has 7 heteroatoms. The van der Waals surface area contributed by atoms with Crippen molar-refractivity contribution in [1.29, 1.82) is 0 Å². The number of nitrogens with one attached hydrogen (secondary N) is 1. The quantitative estimate of drug-likeness (QED) is 0.850. The Morgan fingerprint density at radius 3 is 2.82 bits per heavy atom. The number of aromatic nitrogens is 1. The molecule has 3 aliphatic heterocycles. The van der Waals surface area contributed by atoms with Gasteiger partial charge in [-0.1, -0.05) is 6.07 Å². The number of hydrogen-bond acceptors (Lipinski definition) is 6. The van der Waals surface area contributed by atoms with E-state index in [1.54, 1.807) is 6.07 Å². The van der Waals surface area contributed by atoms with E-state index in [4.69, 9.17) is 0 Å². The number of amides is 1. The number of carbonyl (C=O) groups excluding carboxylic acids is 1. The van der Waals surface area contributed by atoms with Crippen LogP contribution in [0.5, 0.6) is 5.75 Å². The van der Waals surface area contributed by atoms with Crippen LogP contribution in [0.1, 0.15) is 18.4 Å². The molecule has 146 valence electrons. The van der Waals surface area contributed by atoms with E-state index in [1.165, 1.54) is 0 Å². The van der Waals surface area contributed by atoms with Gasteiger partial charge in [0.2, 0.25) is 5.91 Å². The van der Waals surface area contributed by atoms with Crippen molar-refractivity contribution >= 4 is 23.1 Å². The summed E-state index contributed by atoms with van der Waals surface area (Å²) in [6, 6.07) is 9.47. The van der Waals surface area contributed by atoms with Crippen molar-refractivity contribution in [2.45, 2.75) is 25.4 Å². The summed E-state index contributed by atoms with van der Waals surface area (Å²) in [6.45, 7) is 5.49. The number of anilines is 3. The molecule has 0 spiro atoms. The summed E-state index contributed by atoms with van der Waals surface area (Å²) in [7, 11) is 0. The molecule has 2 fully saturated rings. The highest BCUT2D eigenvalue weighted by molar-refractivity contribution is 6.03. The van der Waals surface area contributed by atoms with Gasteiger partial charge in [-0.3, -0.25) is 9.69 Å². The first-order valence-corrected chi connectivity index (χ1v) is 10.0. The first-order chi connectivity index (χ1) is 13.7. The molecule has 3 aliphatic rings. The SMILES string of the molecule is O=C1Nc2cc(CN3CCN(c4cccc(O)c4)CC3)cnc2N2CCCC12. The van der Waals surface area contributed by atoms with Crippen LogP contribution in [0.2, 0.25) is 0 Å². The van der Waals surface area contributed by atoms with Gasteiger partial charge < -0.3 is 20.2 Å². The number of piperazine rings is 1. The van der Waals surface area contributed by atoms with Gasteiger partial charge in [0.25, 0.3) is 0 Å². The normalized spacial score (nSPS) is 22.0. The summed E-state index contributed by atoms with van der Waals surface area (Å²) in [5.74, 6) is 1.32. The molecule has 2 saturated heterocycles. The third-order valence-electron chi connectivity index (χ3n) is 5.98. The zero-order chi connectivity index (χ0) is 19.1. The lowest BCUT2D eigenvalue weighted by molar-refractivity contribution is -0.117. The van der Waals surface area contributed by atoms with E-state index >= 15 is 0 Å². The van der Waals surface area contributed by atoms with Gasteiger partial charge in [0, 0.05) is 57.2 Å². The Morgan fingerprint density at radius 1 is 1.14 bits per heavy atom. The van der Waals surface area contributed by atoms with Crippen LogP contribution < -0.4 is 15.1 Å². The Bertz CT molecular complexity index is 894. The molecule has 0 aliphatic carbocycles. The number of hydrogen-bond donors (Lipinski definition) is 2. The molecule has 0 radical (unpaired) electrons. The lowest BCUT2D eigenvalue weighted by Crippen LogP contribution is -2.46. The van der Waals surface area contributed by atoms with Crippen LogP contribution in [0.15, 0.2) is 36.5 Å². The zero-order valence-electron chi connectivity index (χ0n) is 15.8. The molecule has 2 aromatic rings. The second-order valence-corrected chi connectivity index (χ2v) is 7.84. The third kappa shape index (κ3) is 3.16. The van der Waals surface area contributed by atoms with Crippen LogP contribution in [0.3, 0.4) is 0 Å². The fourth-order valence-corrected chi connectivity index (χ4v) is 4.53. The van der Waals surface area contributed by atoms with Crippen molar-refractivity contribution in [3.05, 3.63) is 42.1 Å². The minimum absolute atomic E-state index is 0.0450. The van der Waals surface area contributed by atoms with Gasteiger partial charge in [-0.05, 0) is 36.6 Å². The minimum atomic E-state index is -0.0450. The molecular formula is C21H25N5O2. The van der Waals surface area contributed by atoms with Gasteiger partial charge in [-0.2, -0.15) is 0 Å². The van der Waals surface area contributed by atoms with Crippen LogP contribution in [0.25, 0.3) is 0 Å². The Hall–Kier alpha value is -2.80. The molecule has 1 atom stereocenters. The standard InChI is InChI=1S/C21H25N5O2/c27-17-4-1-3-16(12-17)25-9-7-24(8-10-25)14-15-11-18-20(22-13-15)26-6-2-5-19(26)21(28)23-18/h1,3-4,11-13,19,27H,2,5-10,14H2,(H,23,28). The van der Waals surface area contributed by atoms with Crippen molar-refractivity contribution < 1.29 is 9.90 Å². The number of aromatic hydroxyl groups is 1. The van der Waals surface area contributed by atoms with Crippen molar-refractivity contribution in [2.75, 3.05) is 47.8 Å². The molecule has 0 saturated carbocycles. The number of phenols is 1. The Labute approximate surface area is 164 Å². The molecule has 1 unspecified atom stereocenters. The van der Waals surface area contributed by atoms with Crippen LogP contribution in [-0.2, 0) is 11.3 Å². The van der Waals surface area contributed by atoms with Gasteiger partial charge in [0.15, 0.2) is 5.82 Å². The second-order valence-electron chi connectivity index (χ2n) is 7.84. The molecule has 5 rings (SSSR count). The van der Waals surface area contributed by atoms with E-state index in [0.717, 1.165) is 74.9 Å². The number of benzene rings is 1. The Morgan fingerprint density at radius 2 is 2.00 bits per heavy atom. The van der Waals surface area contributed by atoms with Crippen LogP contribution >= 0.6 is 0 Å². The zero-order valence-corrected chi connectivity index (χ0v) is 15.8. The molecule has 1 aromatic carbocycles. The number of nitrogens with zero attached hydrogens (tertiary/aromatic N) is 4. The van der Waals surface area contributed by atoms with E-state index in [9.17, 15) is 9.90 Å². The van der Waals surface area contributed by atoms with Crippen molar-refractivity contribution in [2.24, 2.45) is 0 Å². The van der Waals surface area contributed by atoms with Crippen molar-refractivity contribution in [3.63, 3.8) is 0 Å². The Balaban J connectivity index is 1.24. The van der Waals surface area contributed by atoms with Crippen LogP contribution in [0.4, 0.5) is 17.2 Å². The van der Waals surface area contributed by atoms with E-state index in [0.29, 0.717) is 5.75 Å². The minimum Gasteiger partial charge on any atom is -0.508 e. The average molecular weight is 379 g/mol. The summed E-state index contributed by atoms with van der Waals surface area (Å²) < 4.78 is 0. The van der Waals surface area contributed by atoms with Crippen LogP contribution in [0, 0.1) is 0 Å². The van der Waals surface area contributed by atoms with E-state index < -0.39 is 0 Å². The number of carbonyl (C=O) groups is 1. The molecular weight excluding hydrogens is 354 g/mol. The predicted molar refractivity (Wildman–Crippen MR) is 109 cm³/mol. The highest BCUT2D eigenvalue weighted by atomic mass is 16.3. The van der Waals surface area contributed by atoms with E-state index in [1.807, 2.05) is 24.4 Å². The monoisotopic (exact) mass is 379 g/mol. The molecule has 4 heterocycles. The maximum Gasteiger partial charge on any atom is 0.247 e. The van der Waals surface area contributed by atoms with Crippen molar-refractivity contribution in [3.8, 4) is 5.75 Å². The molecule has 0 bridgehead atoms. The van der Waals surface area contributed by atoms with E-state index in [-0.39, 0.29) is 11.9 Å². The summed E-state index contributed by atoms with van der Waals surface area (Å²) in [4.78, 5) is 23.9. The topological polar surface area (TPSA) is 71.9 Å². The number of phenolic OH excluding ortho intramolecular Hbond substituents is 1. The average Bonchev–Trinajstić information content (AvgIpc) is 3.19. The molecule has 28 heavy (non-hydrogen) atoms. The third-order valence-corrected chi connectivity index (χ3v) is 5.98. The number of pyridine rings is 1. The number of rotatable bonds is 3. The molecule has 7 nitrogen and oxygen atoms in total. The van der Waals surface area contributed by atoms with E-state index in [2.05, 4.69) is 31.1 Å². The summed E-state index contributed by atoms with van der Waals surface area (Å²) in [6.07, 6.45) is 3.91. The molecule has 1 aromatic heterocycles. The summed E-state index contributed by atoms with van der Waals surface area (Å²) >= 11 is 0. The second kappa shape index (κ2) is 6.98. The van der Waals surface area contributed by atoms with Crippen LogP contribution in [-0.4, -0.2) is 59.7 Å². The summed E-state index contributed by atoms with van der Waals surface area (Å²) in [5.41, 5.74) is 3.04. The lowest BCUT2D eigenvalue weighted by atomic mass is 10.1. The first kappa shape index (κ1) is 17.3. The lowest BCUT2D eigenvalue weighted by Gasteiger charge is -2.36. The van der Waals surface area contributed by atoms with Crippen molar-refractivity contribution in [1.82, 2.24) is 9.88 Å². The first-order valence-electron chi connectivity index (χ1n) is 10.0. The fraction of sp³-hybridized carbons (Fsp3) is 0.429. The fourth-order valence-electron chi connectivity index (χ4n) is 4.53. The number of fused-ring (bicyclic) bond motifs is 3. The summed E-state index contributed by atoms with van der Waals surface area (Å²) in [5, 5.41) is 12.7. The highest BCUT2D eigenvalue weighted by Crippen LogP contribution is 2.35. The van der Waals surface area contributed by atoms with Gasteiger partial charge >= 0.3 is 0 Å². The Kier molecular flexibility index (Phi) is 4.31. The van der Waals surface area contributed by atoms with Gasteiger partial charge in [0.05, 0.1) is 5.69 Å². The predicted octanol–water partition coefficient (Wildman–Crippen LogP) is 2.03. The molecule has 2 N–H and O–H groups in total.